The van der Waals surface area contributed by atoms with Crippen molar-refractivity contribution in [2.24, 2.45) is 0 Å². The molecule has 1 aromatic heterocycles. The number of hydrogen-bond acceptors (Lipinski definition) is 4. The van der Waals surface area contributed by atoms with Crippen LogP contribution in [0.3, 0.4) is 0 Å². The van der Waals surface area contributed by atoms with E-state index in [4.69, 9.17) is 39.5 Å². The monoisotopic (exact) mass is 372 g/mol. The Morgan fingerprint density at radius 3 is 2.52 bits per heavy atom. The van der Waals surface area contributed by atoms with Gasteiger partial charge in [0, 0.05) is 16.2 Å². The van der Waals surface area contributed by atoms with Crippen molar-refractivity contribution in [2.75, 3.05) is 5.32 Å². The number of ether oxygens (including phenoxy) is 1. The molecule has 0 aliphatic rings. The van der Waals surface area contributed by atoms with E-state index in [0.29, 0.717) is 20.8 Å². The number of amides is 1. The molecule has 1 aromatic carbocycles. The van der Waals surface area contributed by atoms with E-state index >= 15 is 0 Å². The standard InChI is InChI=1S/C15H11Cl3N2O3/c1-8(23-15(22)13-7-10(17)4-5-19-13)14(21)20-12-6-9(16)2-3-11(12)18/h2-8H,1H3,(H,20,21)/t8-/m1/s1. The number of carbonyl (C=O) groups is 2. The van der Waals surface area contributed by atoms with Crippen LogP contribution in [0.1, 0.15) is 17.4 Å². The molecule has 0 fully saturated rings. The lowest BCUT2D eigenvalue weighted by molar-refractivity contribution is -0.123. The first-order valence-corrected chi connectivity index (χ1v) is 7.58. The molecule has 5 nitrogen and oxygen atoms in total. The summed E-state index contributed by atoms with van der Waals surface area (Å²) in [7, 11) is 0. The van der Waals surface area contributed by atoms with Gasteiger partial charge in [-0.25, -0.2) is 9.78 Å². The number of carbonyl (C=O) groups excluding carboxylic acids is 2. The first-order valence-electron chi connectivity index (χ1n) is 6.45. The second-order valence-corrected chi connectivity index (χ2v) is 5.80. The number of halogens is 3. The van der Waals surface area contributed by atoms with Gasteiger partial charge in [-0.05, 0) is 37.3 Å². The minimum atomic E-state index is -1.06. The van der Waals surface area contributed by atoms with Crippen molar-refractivity contribution in [3.63, 3.8) is 0 Å². The van der Waals surface area contributed by atoms with E-state index in [2.05, 4.69) is 10.3 Å². The Bertz CT molecular complexity index is 752. The van der Waals surface area contributed by atoms with E-state index in [1.54, 1.807) is 12.1 Å². The molecule has 120 valence electrons. The molecule has 0 saturated heterocycles. The molecule has 0 aliphatic heterocycles. The Kier molecular flexibility index (Phi) is 5.82. The van der Waals surface area contributed by atoms with Crippen LogP contribution in [0.15, 0.2) is 36.5 Å². The SMILES string of the molecule is C[C@@H](OC(=O)c1cc(Cl)ccn1)C(=O)Nc1cc(Cl)ccc1Cl. The second kappa shape index (κ2) is 7.64. The molecule has 2 rings (SSSR count). The summed E-state index contributed by atoms with van der Waals surface area (Å²) in [6.07, 6.45) is 0.313. The molecule has 0 spiro atoms. The van der Waals surface area contributed by atoms with Crippen molar-refractivity contribution in [1.82, 2.24) is 4.98 Å². The predicted octanol–water partition coefficient (Wildman–Crippen LogP) is 4.23. The summed E-state index contributed by atoms with van der Waals surface area (Å²) >= 11 is 17.6. The minimum Gasteiger partial charge on any atom is -0.448 e. The molecule has 0 unspecified atom stereocenters. The van der Waals surface area contributed by atoms with Crippen LogP contribution < -0.4 is 5.32 Å². The highest BCUT2D eigenvalue weighted by molar-refractivity contribution is 6.35. The molecule has 0 saturated carbocycles. The summed E-state index contributed by atoms with van der Waals surface area (Å²) in [4.78, 5) is 27.8. The van der Waals surface area contributed by atoms with Gasteiger partial charge < -0.3 is 10.1 Å². The third kappa shape index (κ3) is 4.82. The van der Waals surface area contributed by atoms with E-state index < -0.39 is 18.0 Å². The summed E-state index contributed by atoms with van der Waals surface area (Å²) in [6.45, 7) is 1.43. The fraction of sp³-hybridized carbons (Fsp3) is 0.133. The van der Waals surface area contributed by atoms with Crippen LogP contribution in [0.25, 0.3) is 0 Å². The lowest BCUT2D eigenvalue weighted by Gasteiger charge is -2.14. The van der Waals surface area contributed by atoms with Crippen LogP contribution in [0, 0.1) is 0 Å². The zero-order chi connectivity index (χ0) is 17.0. The number of pyridine rings is 1. The second-order valence-electron chi connectivity index (χ2n) is 4.52. The topological polar surface area (TPSA) is 68.3 Å². The van der Waals surface area contributed by atoms with E-state index in [1.807, 2.05) is 0 Å². The highest BCUT2D eigenvalue weighted by atomic mass is 35.5. The van der Waals surface area contributed by atoms with Gasteiger partial charge in [0.1, 0.15) is 5.69 Å². The Balaban J connectivity index is 2.02. The van der Waals surface area contributed by atoms with Gasteiger partial charge in [-0.2, -0.15) is 0 Å². The molecule has 0 radical (unpaired) electrons. The molecular weight excluding hydrogens is 363 g/mol. The number of nitrogens with one attached hydrogen (secondary N) is 1. The summed E-state index contributed by atoms with van der Waals surface area (Å²) in [5.41, 5.74) is 0.339. The van der Waals surface area contributed by atoms with Gasteiger partial charge in [0.05, 0.1) is 10.7 Å². The zero-order valence-electron chi connectivity index (χ0n) is 11.8. The smallest absolute Gasteiger partial charge is 0.357 e. The van der Waals surface area contributed by atoms with E-state index in [0.717, 1.165) is 0 Å². The minimum absolute atomic E-state index is 0.0120. The Labute approximate surface area is 147 Å². The summed E-state index contributed by atoms with van der Waals surface area (Å²) < 4.78 is 5.05. The molecule has 2 aromatic rings. The Hall–Kier alpha value is -1.82. The molecule has 1 heterocycles. The van der Waals surface area contributed by atoms with Gasteiger partial charge in [0.25, 0.3) is 5.91 Å². The third-order valence-electron chi connectivity index (χ3n) is 2.77. The van der Waals surface area contributed by atoms with Crippen molar-refractivity contribution in [3.8, 4) is 0 Å². The number of aromatic nitrogens is 1. The van der Waals surface area contributed by atoms with Crippen LogP contribution in [0.2, 0.25) is 15.1 Å². The number of benzene rings is 1. The highest BCUT2D eigenvalue weighted by Crippen LogP contribution is 2.25. The molecule has 1 N–H and O–H groups in total. The number of rotatable bonds is 4. The van der Waals surface area contributed by atoms with E-state index in [-0.39, 0.29) is 5.69 Å². The van der Waals surface area contributed by atoms with Crippen LogP contribution in [0.4, 0.5) is 5.69 Å². The van der Waals surface area contributed by atoms with Crippen molar-refractivity contribution >= 4 is 52.4 Å². The van der Waals surface area contributed by atoms with Gasteiger partial charge >= 0.3 is 5.97 Å². The Morgan fingerprint density at radius 1 is 1.13 bits per heavy atom. The lowest BCUT2D eigenvalue weighted by Crippen LogP contribution is -2.30. The van der Waals surface area contributed by atoms with Crippen LogP contribution >= 0.6 is 34.8 Å². The molecular formula is C15H11Cl3N2O3. The first kappa shape index (κ1) is 17.5. The van der Waals surface area contributed by atoms with Crippen LogP contribution in [0.5, 0.6) is 0 Å². The fourth-order valence-electron chi connectivity index (χ4n) is 1.62. The maximum Gasteiger partial charge on any atom is 0.357 e. The number of hydrogen-bond donors (Lipinski definition) is 1. The first-order chi connectivity index (χ1) is 10.9. The fourth-order valence-corrected chi connectivity index (χ4v) is 2.12. The average Bonchev–Trinajstić information content (AvgIpc) is 2.50. The van der Waals surface area contributed by atoms with Crippen molar-refractivity contribution in [3.05, 3.63) is 57.3 Å². The predicted molar refractivity (Wildman–Crippen MR) is 89.2 cm³/mol. The summed E-state index contributed by atoms with van der Waals surface area (Å²) in [6, 6.07) is 7.51. The van der Waals surface area contributed by atoms with E-state index in [9.17, 15) is 9.59 Å². The van der Waals surface area contributed by atoms with Gasteiger partial charge in [-0.3, -0.25) is 4.79 Å². The maximum atomic E-state index is 12.1. The summed E-state index contributed by atoms with van der Waals surface area (Å²) in [5.74, 6) is -1.31. The van der Waals surface area contributed by atoms with Crippen molar-refractivity contribution < 1.29 is 14.3 Å². The van der Waals surface area contributed by atoms with Crippen molar-refractivity contribution in [2.45, 2.75) is 13.0 Å². The van der Waals surface area contributed by atoms with Crippen LogP contribution in [-0.2, 0) is 9.53 Å². The molecule has 0 aliphatic carbocycles. The van der Waals surface area contributed by atoms with Gasteiger partial charge in [0.15, 0.2) is 6.10 Å². The molecule has 1 amide bonds. The zero-order valence-corrected chi connectivity index (χ0v) is 14.1. The maximum absolute atomic E-state index is 12.1. The van der Waals surface area contributed by atoms with Gasteiger partial charge in [0.2, 0.25) is 0 Å². The normalized spacial score (nSPS) is 11.7. The van der Waals surface area contributed by atoms with E-state index in [1.165, 1.54) is 31.3 Å². The number of anilines is 1. The lowest BCUT2D eigenvalue weighted by atomic mass is 10.3. The largest absolute Gasteiger partial charge is 0.448 e. The average molecular weight is 374 g/mol. The van der Waals surface area contributed by atoms with Crippen molar-refractivity contribution in [1.29, 1.82) is 0 Å². The molecule has 8 heteroatoms. The molecule has 1 atom stereocenters. The van der Waals surface area contributed by atoms with Gasteiger partial charge in [-0.15, -0.1) is 0 Å². The number of esters is 1. The quantitative estimate of drug-likeness (QED) is 0.815. The summed E-state index contributed by atoms with van der Waals surface area (Å²) in [5, 5.41) is 3.61. The molecule has 0 bridgehead atoms. The molecule has 23 heavy (non-hydrogen) atoms. The van der Waals surface area contributed by atoms with Gasteiger partial charge in [-0.1, -0.05) is 34.8 Å². The number of nitrogens with zero attached hydrogens (tertiary/aromatic N) is 1. The highest BCUT2D eigenvalue weighted by Gasteiger charge is 2.20. The Morgan fingerprint density at radius 2 is 1.83 bits per heavy atom. The third-order valence-corrected chi connectivity index (χ3v) is 3.57. The van der Waals surface area contributed by atoms with Crippen LogP contribution in [-0.4, -0.2) is 23.0 Å².